The van der Waals surface area contributed by atoms with Crippen LogP contribution in [-0.4, -0.2) is 56.1 Å². The molecule has 144 valence electrons. The number of hydrogen-bond acceptors (Lipinski definition) is 4. The van der Waals surface area contributed by atoms with Gasteiger partial charge >= 0.3 is 0 Å². The molecule has 0 radical (unpaired) electrons. The first-order valence-corrected chi connectivity index (χ1v) is 9.89. The molecule has 0 atom stereocenters. The van der Waals surface area contributed by atoms with E-state index in [4.69, 9.17) is 9.73 Å². The molecule has 1 aliphatic heterocycles. The standard InChI is InChI=1S/C20H32N4O2/c1-2-21-20(23-17-5-9-19(25)10-6-17)22-15-16-3-7-18(8-4-16)24-11-13-26-14-12-24/h3-4,7-8,17,19,25H,2,5-6,9-15H2,1H3,(H2,21,22,23). The summed E-state index contributed by atoms with van der Waals surface area (Å²) in [7, 11) is 0. The van der Waals surface area contributed by atoms with Crippen molar-refractivity contribution >= 4 is 11.6 Å². The maximum absolute atomic E-state index is 9.65. The third-order valence-corrected chi connectivity index (χ3v) is 5.11. The number of benzene rings is 1. The van der Waals surface area contributed by atoms with E-state index in [1.165, 1.54) is 11.3 Å². The average molecular weight is 361 g/mol. The molecule has 3 rings (SSSR count). The first kappa shape index (κ1) is 19.0. The molecule has 2 fully saturated rings. The number of morpholine rings is 1. The molecule has 0 aromatic heterocycles. The van der Waals surface area contributed by atoms with Crippen LogP contribution >= 0.6 is 0 Å². The van der Waals surface area contributed by atoms with E-state index >= 15 is 0 Å². The molecule has 0 amide bonds. The number of nitrogens with zero attached hydrogens (tertiary/aromatic N) is 2. The van der Waals surface area contributed by atoms with Crippen LogP contribution in [0.2, 0.25) is 0 Å². The van der Waals surface area contributed by atoms with Gasteiger partial charge in [0.05, 0.1) is 25.9 Å². The second-order valence-corrected chi connectivity index (χ2v) is 7.11. The molecule has 1 aromatic carbocycles. The van der Waals surface area contributed by atoms with Crippen LogP contribution in [0.5, 0.6) is 0 Å². The van der Waals surface area contributed by atoms with Gasteiger partial charge in [-0.05, 0) is 50.3 Å². The number of aliphatic hydroxyl groups excluding tert-OH is 1. The lowest BCUT2D eigenvalue weighted by atomic mass is 9.93. The molecule has 0 spiro atoms. The van der Waals surface area contributed by atoms with Gasteiger partial charge in [0, 0.05) is 31.4 Å². The maximum atomic E-state index is 9.65. The van der Waals surface area contributed by atoms with Crippen molar-refractivity contribution in [3.05, 3.63) is 29.8 Å². The number of nitrogens with one attached hydrogen (secondary N) is 2. The van der Waals surface area contributed by atoms with Gasteiger partial charge in [-0.3, -0.25) is 0 Å². The molecule has 6 nitrogen and oxygen atoms in total. The Labute approximate surface area is 156 Å². The second kappa shape index (κ2) is 9.78. The van der Waals surface area contributed by atoms with Crippen molar-refractivity contribution in [1.29, 1.82) is 0 Å². The molecule has 1 aliphatic carbocycles. The number of aliphatic hydroxyl groups is 1. The summed E-state index contributed by atoms with van der Waals surface area (Å²) in [5.74, 6) is 0.867. The van der Waals surface area contributed by atoms with Gasteiger partial charge in [-0.2, -0.15) is 0 Å². The van der Waals surface area contributed by atoms with Crippen molar-refractivity contribution in [2.75, 3.05) is 37.7 Å². The van der Waals surface area contributed by atoms with E-state index in [-0.39, 0.29) is 6.10 Å². The Bertz CT molecular complexity index is 562. The molecule has 6 heteroatoms. The molecular formula is C20H32N4O2. The zero-order valence-corrected chi connectivity index (χ0v) is 15.8. The SMILES string of the molecule is CCNC(=NCc1ccc(N2CCOCC2)cc1)NC1CCC(O)CC1. The highest BCUT2D eigenvalue weighted by atomic mass is 16.5. The lowest BCUT2D eigenvalue weighted by Crippen LogP contribution is -2.45. The number of guanidine groups is 1. The number of hydrogen-bond donors (Lipinski definition) is 3. The van der Waals surface area contributed by atoms with E-state index in [1.54, 1.807) is 0 Å². The largest absolute Gasteiger partial charge is 0.393 e. The molecule has 1 aromatic rings. The van der Waals surface area contributed by atoms with E-state index in [0.717, 1.165) is 64.5 Å². The highest BCUT2D eigenvalue weighted by molar-refractivity contribution is 5.80. The summed E-state index contributed by atoms with van der Waals surface area (Å²) < 4.78 is 5.41. The minimum Gasteiger partial charge on any atom is -0.393 e. The van der Waals surface area contributed by atoms with Crippen molar-refractivity contribution < 1.29 is 9.84 Å². The van der Waals surface area contributed by atoms with E-state index < -0.39 is 0 Å². The average Bonchev–Trinajstić information content (AvgIpc) is 2.69. The van der Waals surface area contributed by atoms with Crippen LogP contribution in [-0.2, 0) is 11.3 Å². The summed E-state index contributed by atoms with van der Waals surface area (Å²) in [4.78, 5) is 7.10. The Balaban J connectivity index is 1.54. The quantitative estimate of drug-likeness (QED) is 0.553. The van der Waals surface area contributed by atoms with Crippen molar-refractivity contribution in [3.8, 4) is 0 Å². The summed E-state index contributed by atoms with van der Waals surface area (Å²) in [6.07, 6.45) is 3.62. The van der Waals surface area contributed by atoms with Gasteiger partial charge < -0.3 is 25.4 Å². The first-order chi connectivity index (χ1) is 12.7. The van der Waals surface area contributed by atoms with Crippen LogP contribution in [0.25, 0.3) is 0 Å². The fraction of sp³-hybridized carbons (Fsp3) is 0.650. The van der Waals surface area contributed by atoms with E-state index in [0.29, 0.717) is 12.6 Å². The van der Waals surface area contributed by atoms with Gasteiger partial charge in [0.25, 0.3) is 0 Å². The third kappa shape index (κ3) is 5.61. The predicted octanol–water partition coefficient (Wildman–Crippen LogP) is 1.88. The summed E-state index contributed by atoms with van der Waals surface area (Å²) in [5, 5.41) is 16.5. The summed E-state index contributed by atoms with van der Waals surface area (Å²) >= 11 is 0. The fourth-order valence-corrected chi connectivity index (χ4v) is 3.54. The molecule has 1 heterocycles. The van der Waals surface area contributed by atoms with Gasteiger partial charge in [-0.15, -0.1) is 0 Å². The molecular weight excluding hydrogens is 328 g/mol. The molecule has 2 aliphatic rings. The Hall–Kier alpha value is -1.79. The monoisotopic (exact) mass is 360 g/mol. The molecule has 26 heavy (non-hydrogen) atoms. The molecule has 0 bridgehead atoms. The van der Waals surface area contributed by atoms with E-state index in [9.17, 15) is 5.11 Å². The highest BCUT2D eigenvalue weighted by Crippen LogP contribution is 2.19. The van der Waals surface area contributed by atoms with Gasteiger partial charge in [-0.1, -0.05) is 12.1 Å². The minimum absolute atomic E-state index is 0.127. The van der Waals surface area contributed by atoms with Gasteiger partial charge in [0.15, 0.2) is 5.96 Å². The number of rotatable bonds is 5. The third-order valence-electron chi connectivity index (χ3n) is 5.11. The number of aliphatic imine (C=N–C) groups is 1. The molecule has 3 N–H and O–H groups in total. The Morgan fingerprint density at radius 1 is 1.15 bits per heavy atom. The van der Waals surface area contributed by atoms with Crippen LogP contribution in [0.4, 0.5) is 5.69 Å². The van der Waals surface area contributed by atoms with E-state index in [2.05, 4.69) is 46.7 Å². The predicted molar refractivity (Wildman–Crippen MR) is 106 cm³/mol. The Morgan fingerprint density at radius 2 is 1.85 bits per heavy atom. The summed E-state index contributed by atoms with van der Waals surface area (Å²) in [6.45, 7) is 7.12. The highest BCUT2D eigenvalue weighted by Gasteiger charge is 2.20. The normalized spacial score (nSPS) is 24.4. The summed E-state index contributed by atoms with van der Waals surface area (Å²) in [5.41, 5.74) is 2.46. The van der Waals surface area contributed by atoms with Crippen LogP contribution < -0.4 is 15.5 Å². The smallest absolute Gasteiger partial charge is 0.191 e. The Morgan fingerprint density at radius 3 is 2.50 bits per heavy atom. The van der Waals surface area contributed by atoms with Crippen LogP contribution in [0.15, 0.2) is 29.3 Å². The fourth-order valence-electron chi connectivity index (χ4n) is 3.54. The van der Waals surface area contributed by atoms with Gasteiger partial charge in [0.1, 0.15) is 0 Å². The number of anilines is 1. The lowest BCUT2D eigenvalue weighted by molar-refractivity contribution is 0.120. The zero-order chi connectivity index (χ0) is 18.2. The molecule has 0 unspecified atom stereocenters. The van der Waals surface area contributed by atoms with Crippen LogP contribution in [0.1, 0.15) is 38.2 Å². The zero-order valence-electron chi connectivity index (χ0n) is 15.8. The number of ether oxygens (including phenoxy) is 1. The second-order valence-electron chi connectivity index (χ2n) is 7.11. The van der Waals surface area contributed by atoms with Crippen LogP contribution in [0, 0.1) is 0 Å². The van der Waals surface area contributed by atoms with Crippen molar-refractivity contribution in [3.63, 3.8) is 0 Å². The van der Waals surface area contributed by atoms with Gasteiger partial charge in [0.2, 0.25) is 0 Å². The Kier molecular flexibility index (Phi) is 7.14. The van der Waals surface area contributed by atoms with E-state index in [1.807, 2.05) is 0 Å². The lowest BCUT2D eigenvalue weighted by Gasteiger charge is -2.29. The molecule has 1 saturated heterocycles. The summed E-state index contributed by atoms with van der Waals surface area (Å²) in [6, 6.07) is 9.08. The minimum atomic E-state index is -0.127. The van der Waals surface area contributed by atoms with Crippen molar-refractivity contribution in [1.82, 2.24) is 10.6 Å². The van der Waals surface area contributed by atoms with Crippen molar-refractivity contribution in [2.24, 2.45) is 4.99 Å². The van der Waals surface area contributed by atoms with Crippen LogP contribution in [0.3, 0.4) is 0 Å². The topological polar surface area (TPSA) is 69.1 Å². The molecule has 1 saturated carbocycles. The van der Waals surface area contributed by atoms with Crippen molar-refractivity contribution in [2.45, 2.75) is 51.3 Å². The van der Waals surface area contributed by atoms with Gasteiger partial charge in [-0.25, -0.2) is 4.99 Å². The maximum Gasteiger partial charge on any atom is 0.191 e. The first-order valence-electron chi connectivity index (χ1n) is 9.89.